The summed E-state index contributed by atoms with van der Waals surface area (Å²) in [4.78, 5) is 1.64. The molecule has 0 fully saturated rings. The van der Waals surface area contributed by atoms with E-state index in [2.05, 4.69) is 28.4 Å². The van der Waals surface area contributed by atoms with Crippen LogP contribution in [0.1, 0.15) is 24.0 Å². The monoisotopic (exact) mass is 214 g/mol. The molecule has 1 aliphatic rings. The Balaban J connectivity index is 2.13. The quantitative estimate of drug-likeness (QED) is 0.786. The molecule has 2 aromatic rings. The number of hydrogen-bond acceptors (Lipinski definition) is 3. The fourth-order valence-corrected chi connectivity index (χ4v) is 2.34. The van der Waals surface area contributed by atoms with Gasteiger partial charge in [-0.3, -0.25) is 0 Å². The number of hydrogen-bond donors (Lipinski definition) is 1. The van der Waals surface area contributed by atoms with Gasteiger partial charge in [0.2, 0.25) is 0 Å². The largest absolute Gasteiger partial charge is 0.381 e. The molecule has 1 aliphatic carbocycles. The highest BCUT2D eigenvalue weighted by Gasteiger charge is 2.14. The van der Waals surface area contributed by atoms with Crippen molar-refractivity contribution in [2.24, 2.45) is 0 Å². The fourth-order valence-electron chi connectivity index (χ4n) is 2.34. The number of anilines is 1. The lowest BCUT2D eigenvalue weighted by atomic mass is 9.90. The topological polar surface area (TPSA) is 56.7 Å². The molecular formula is C12H14N4. The van der Waals surface area contributed by atoms with E-state index in [0.29, 0.717) is 5.82 Å². The molecule has 4 nitrogen and oxygen atoms in total. The van der Waals surface area contributed by atoms with Crippen molar-refractivity contribution in [3.05, 3.63) is 35.5 Å². The highest BCUT2D eigenvalue weighted by atomic mass is 15.5. The number of nitrogen functional groups attached to an aromatic ring is 1. The molecule has 3 rings (SSSR count). The third-order valence-corrected chi connectivity index (χ3v) is 3.10. The zero-order valence-electron chi connectivity index (χ0n) is 9.06. The second-order valence-electron chi connectivity index (χ2n) is 4.18. The van der Waals surface area contributed by atoms with Crippen molar-refractivity contribution < 1.29 is 0 Å². The van der Waals surface area contributed by atoms with Gasteiger partial charge < -0.3 is 5.73 Å². The molecule has 4 heteroatoms. The first-order chi connectivity index (χ1) is 7.84. The molecule has 0 atom stereocenters. The molecule has 0 aliphatic heterocycles. The van der Waals surface area contributed by atoms with Gasteiger partial charge in [0, 0.05) is 0 Å². The van der Waals surface area contributed by atoms with E-state index in [0.717, 1.165) is 12.1 Å². The third kappa shape index (κ3) is 1.46. The van der Waals surface area contributed by atoms with Gasteiger partial charge in [-0.2, -0.15) is 5.10 Å². The minimum Gasteiger partial charge on any atom is -0.381 e. The van der Waals surface area contributed by atoms with Crippen LogP contribution in [0.4, 0.5) is 5.82 Å². The molecule has 0 amide bonds. The Morgan fingerprint density at radius 2 is 2.06 bits per heavy atom. The number of rotatable bonds is 1. The summed E-state index contributed by atoms with van der Waals surface area (Å²) >= 11 is 0. The molecule has 1 aromatic carbocycles. The van der Waals surface area contributed by atoms with Crippen LogP contribution in [0.3, 0.4) is 0 Å². The van der Waals surface area contributed by atoms with E-state index in [1.54, 1.807) is 11.0 Å². The Bertz CT molecular complexity index is 515. The minimum atomic E-state index is 0.466. The summed E-state index contributed by atoms with van der Waals surface area (Å²) in [6.07, 6.45) is 6.40. The van der Waals surface area contributed by atoms with Gasteiger partial charge in [-0.05, 0) is 42.9 Å². The Kier molecular flexibility index (Phi) is 2.13. The van der Waals surface area contributed by atoms with Crippen LogP contribution in [0, 0.1) is 0 Å². The van der Waals surface area contributed by atoms with Gasteiger partial charge in [0.25, 0.3) is 0 Å². The number of nitrogens with two attached hydrogens (primary N) is 1. The molecule has 0 unspecified atom stereocenters. The maximum absolute atomic E-state index is 5.60. The van der Waals surface area contributed by atoms with Crippen molar-refractivity contribution in [1.29, 1.82) is 0 Å². The fraction of sp³-hybridized carbons (Fsp3) is 0.333. The summed E-state index contributed by atoms with van der Waals surface area (Å²) in [7, 11) is 0. The molecular weight excluding hydrogens is 200 g/mol. The number of aromatic nitrogens is 3. The smallest absolute Gasteiger partial charge is 0.166 e. The van der Waals surface area contributed by atoms with Gasteiger partial charge in [0.15, 0.2) is 5.82 Å². The van der Waals surface area contributed by atoms with Gasteiger partial charge in [-0.25, -0.2) is 0 Å². The Labute approximate surface area is 94.1 Å². The number of fused-ring (bicyclic) bond motifs is 1. The van der Waals surface area contributed by atoms with Crippen LogP contribution >= 0.6 is 0 Å². The summed E-state index contributed by atoms with van der Waals surface area (Å²) in [5.41, 5.74) is 9.48. The van der Waals surface area contributed by atoms with Gasteiger partial charge in [-0.1, -0.05) is 12.1 Å². The summed E-state index contributed by atoms with van der Waals surface area (Å²) in [5.74, 6) is 0.466. The molecule has 0 saturated heterocycles. The number of benzene rings is 1. The van der Waals surface area contributed by atoms with Crippen molar-refractivity contribution >= 4 is 5.82 Å². The molecule has 1 aromatic heterocycles. The average molecular weight is 214 g/mol. The van der Waals surface area contributed by atoms with Crippen molar-refractivity contribution in [1.82, 2.24) is 15.0 Å². The van der Waals surface area contributed by atoms with Crippen LogP contribution in [-0.2, 0) is 12.8 Å². The van der Waals surface area contributed by atoms with Gasteiger partial charge in [0.05, 0.1) is 11.9 Å². The van der Waals surface area contributed by atoms with Crippen LogP contribution < -0.4 is 5.73 Å². The molecule has 82 valence electrons. The molecule has 0 saturated carbocycles. The zero-order valence-corrected chi connectivity index (χ0v) is 9.06. The molecule has 16 heavy (non-hydrogen) atoms. The van der Waals surface area contributed by atoms with Crippen molar-refractivity contribution in [3.63, 3.8) is 0 Å². The molecule has 0 spiro atoms. The lowest BCUT2D eigenvalue weighted by molar-refractivity contribution is 0.664. The SMILES string of the molecule is Nc1cnn(-c2cccc3c2CCCC3)n1. The zero-order chi connectivity index (χ0) is 11.0. The molecule has 1 heterocycles. The van der Waals surface area contributed by atoms with Crippen LogP contribution in [0.2, 0.25) is 0 Å². The minimum absolute atomic E-state index is 0.466. The normalized spacial score (nSPS) is 14.8. The van der Waals surface area contributed by atoms with E-state index in [1.807, 2.05) is 0 Å². The van der Waals surface area contributed by atoms with Crippen LogP contribution in [0.5, 0.6) is 0 Å². The highest BCUT2D eigenvalue weighted by Crippen LogP contribution is 2.26. The van der Waals surface area contributed by atoms with Gasteiger partial charge in [-0.15, -0.1) is 9.90 Å². The first-order valence-corrected chi connectivity index (χ1v) is 5.63. The van der Waals surface area contributed by atoms with E-state index in [-0.39, 0.29) is 0 Å². The summed E-state index contributed by atoms with van der Waals surface area (Å²) in [5, 5.41) is 8.35. The predicted octanol–water partition coefficient (Wildman–Crippen LogP) is 1.73. The Hall–Kier alpha value is -1.84. The summed E-state index contributed by atoms with van der Waals surface area (Å²) < 4.78 is 0. The van der Waals surface area contributed by atoms with E-state index in [4.69, 9.17) is 5.73 Å². The van der Waals surface area contributed by atoms with E-state index < -0.39 is 0 Å². The van der Waals surface area contributed by atoms with Crippen LogP contribution in [-0.4, -0.2) is 15.0 Å². The standard InChI is InChI=1S/C12H14N4/c13-12-8-14-16(15-12)11-7-3-5-9-4-1-2-6-10(9)11/h3,5,7-8H,1-2,4,6H2,(H2,13,15). The Morgan fingerprint density at radius 3 is 2.88 bits per heavy atom. The summed E-state index contributed by atoms with van der Waals surface area (Å²) in [6.45, 7) is 0. The number of aryl methyl sites for hydroxylation is 1. The van der Waals surface area contributed by atoms with Crippen molar-refractivity contribution in [2.75, 3.05) is 5.73 Å². The predicted molar refractivity (Wildman–Crippen MR) is 62.4 cm³/mol. The lowest BCUT2D eigenvalue weighted by Crippen LogP contribution is -2.10. The molecule has 0 radical (unpaired) electrons. The maximum Gasteiger partial charge on any atom is 0.166 e. The van der Waals surface area contributed by atoms with Crippen molar-refractivity contribution in [3.8, 4) is 5.69 Å². The molecule has 0 bridgehead atoms. The van der Waals surface area contributed by atoms with Crippen molar-refractivity contribution in [2.45, 2.75) is 25.7 Å². The van der Waals surface area contributed by atoms with E-state index >= 15 is 0 Å². The third-order valence-electron chi connectivity index (χ3n) is 3.10. The molecule has 2 N–H and O–H groups in total. The van der Waals surface area contributed by atoms with Gasteiger partial charge >= 0.3 is 0 Å². The van der Waals surface area contributed by atoms with Crippen LogP contribution in [0.15, 0.2) is 24.4 Å². The van der Waals surface area contributed by atoms with E-state index in [9.17, 15) is 0 Å². The highest BCUT2D eigenvalue weighted by molar-refractivity contribution is 5.46. The van der Waals surface area contributed by atoms with E-state index in [1.165, 1.54) is 30.4 Å². The second-order valence-corrected chi connectivity index (χ2v) is 4.18. The summed E-state index contributed by atoms with van der Waals surface area (Å²) in [6, 6.07) is 6.33. The maximum atomic E-state index is 5.60. The first kappa shape index (κ1) is 9.39. The Morgan fingerprint density at radius 1 is 1.19 bits per heavy atom. The van der Waals surface area contributed by atoms with Crippen LogP contribution in [0.25, 0.3) is 5.69 Å². The first-order valence-electron chi connectivity index (χ1n) is 5.63. The average Bonchev–Trinajstić information content (AvgIpc) is 2.75. The van der Waals surface area contributed by atoms with Gasteiger partial charge in [0.1, 0.15) is 0 Å². The lowest BCUT2D eigenvalue weighted by Gasteiger charge is -2.18. The second kappa shape index (κ2) is 3.63. The number of nitrogens with zero attached hydrogens (tertiary/aromatic N) is 3.